The molecule has 0 fully saturated rings. The molecule has 2 atom stereocenters. The van der Waals surface area contributed by atoms with Crippen molar-refractivity contribution in [1.82, 2.24) is 14.9 Å². The summed E-state index contributed by atoms with van der Waals surface area (Å²) in [6.07, 6.45) is 0.698. The number of aromatic nitrogens is 2. The van der Waals surface area contributed by atoms with Crippen molar-refractivity contribution in [3.8, 4) is 0 Å². The van der Waals surface area contributed by atoms with Crippen molar-refractivity contribution in [2.75, 3.05) is 6.61 Å². The van der Waals surface area contributed by atoms with Crippen LogP contribution in [0, 0.1) is 5.92 Å². The highest BCUT2D eigenvalue weighted by Gasteiger charge is 2.19. The van der Waals surface area contributed by atoms with Crippen molar-refractivity contribution >= 4 is 17.4 Å². The van der Waals surface area contributed by atoms with Crippen molar-refractivity contribution in [3.63, 3.8) is 0 Å². The molecule has 0 saturated heterocycles. The van der Waals surface area contributed by atoms with Crippen LogP contribution in [0.1, 0.15) is 36.1 Å². The number of aliphatic hydroxyl groups is 1. The average Bonchev–Trinajstić information content (AvgIpc) is 2.75. The molecule has 0 spiro atoms. The summed E-state index contributed by atoms with van der Waals surface area (Å²) in [6.45, 7) is 5.76. The van der Waals surface area contributed by atoms with Gasteiger partial charge >= 0.3 is 0 Å². The maximum Gasteiger partial charge on any atom is 0.265 e. The number of carbonyl (C=O) groups excluding carboxylic acids is 1. The predicted molar refractivity (Wildman–Crippen MR) is 62.5 cm³/mol. The van der Waals surface area contributed by atoms with E-state index in [0.717, 1.165) is 17.2 Å². The smallest absolute Gasteiger partial charge is 0.265 e. The lowest BCUT2D eigenvalue weighted by Crippen LogP contribution is -2.38. The second-order valence-corrected chi connectivity index (χ2v) is 4.58. The van der Waals surface area contributed by atoms with Gasteiger partial charge in [-0.2, -0.15) is 0 Å². The number of hydrogen-bond acceptors (Lipinski definition) is 5. The van der Waals surface area contributed by atoms with E-state index < -0.39 is 0 Å². The standard InChI is InChI=1S/C10H17N3O2S/c1-4-8-9(16-13-12-8)10(15)11-7(3)6(2)5-14/h6-7,14H,4-5H2,1-3H3,(H,11,15). The van der Waals surface area contributed by atoms with Crippen LogP contribution in [0.4, 0.5) is 0 Å². The summed E-state index contributed by atoms with van der Waals surface area (Å²) >= 11 is 1.11. The van der Waals surface area contributed by atoms with Crippen LogP contribution in [0.15, 0.2) is 0 Å². The van der Waals surface area contributed by atoms with Gasteiger partial charge in [0.2, 0.25) is 0 Å². The van der Waals surface area contributed by atoms with Crippen molar-refractivity contribution in [1.29, 1.82) is 0 Å². The van der Waals surface area contributed by atoms with Gasteiger partial charge in [-0.1, -0.05) is 18.3 Å². The molecule has 1 heterocycles. The van der Waals surface area contributed by atoms with Gasteiger partial charge in [-0.15, -0.1) is 5.10 Å². The van der Waals surface area contributed by atoms with Crippen LogP contribution in [0.2, 0.25) is 0 Å². The number of hydrogen-bond donors (Lipinski definition) is 2. The lowest BCUT2D eigenvalue weighted by molar-refractivity contribution is 0.0919. The van der Waals surface area contributed by atoms with E-state index in [1.807, 2.05) is 20.8 Å². The number of carbonyl (C=O) groups is 1. The van der Waals surface area contributed by atoms with E-state index in [4.69, 9.17) is 5.11 Å². The molecule has 0 aromatic carbocycles. The first-order chi connectivity index (χ1) is 7.60. The highest BCUT2D eigenvalue weighted by Crippen LogP contribution is 2.12. The number of nitrogens with one attached hydrogen (secondary N) is 1. The van der Waals surface area contributed by atoms with Gasteiger partial charge in [0.25, 0.3) is 5.91 Å². The molecule has 2 unspecified atom stereocenters. The fourth-order valence-electron chi connectivity index (χ4n) is 1.19. The van der Waals surface area contributed by atoms with Crippen molar-refractivity contribution in [2.24, 2.45) is 5.92 Å². The monoisotopic (exact) mass is 243 g/mol. The number of aryl methyl sites for hydroxylation is 1. The molecule has 5 nitrogen and oxygen atoms in total. The van der Waals surface area contributed by atoms with Crippen LogP contribution in [0.25, 0.3) is 0 Å². The zero-order chi connectivity index (χ0) is 12.1. The highest BCUT2D eigenvalue weighted by molar-refractivity contribution is 7.08. The molecule has 0 radical (unpaired) electrons. The van der Waals surface area contributed by atoms with Crippen LogP contribution in [-0.2, 0) is 6.42 Å². The number of nitrogens with zero attached hydrogens (tertiary/aromatic N) is 2. The zero-order valence-electron chi connectivity index (χ0n) is 9.73. The van der Waals surface area contributed by atoms with E-state index in [0.29, 0.717) is 11.3 Å². The van der Waals surface area contributed by atoms with Crippen LogP contribution in [-0.4, -0.2) is 33.2 Å². The maximum absolute atomic E-state index is 11.9. The average molecular weight is 243 g/mol. The molecule has 6 heteroatoms. The van der Waals surface area contributed by atoms with E-state index in [2.05, 4.69) is 14.9 Å². The third kappa shape index (κ3) is 2.99. The lowest BCUT2D eigenvalue weighted by Gasteiger charge is -2.18. The summed E-state index contributed by atoms with van der Waals surface area (Å²) < 4.78 is 3.77. The van der Waals surface area contributed by atoms with Gasteiger partial charge in [-0.05, 0) is 30.8 Å². The summed E-state index contributed by atoms with van der Waals surface area (Å²) in [5.41, 5.74) is 0.728. The third-order valence-corrected chi connectivity index (χ3v) is 3.36. The first-order valence-corrected chi connectivity index (χ1v) is 6.10. The Labute approximate surface area is 99.0 Å². The summed E-state index contributed by atoms with van der Waals surface area (Å²) in [6, 6.07) is -0.0655. The minimum absolute atomic E-state index is 0.0370. The molecule has 0 aliphatic carbocycles. The van der Waals surface area contributed by atoms with Crippen molar-refractivity contribution < 1.29 is 9.90 Å². The molecule has 0 bridgehead atoms. The van der Waals surface area contributed by atoms with Gasteiger partial charge < -0.3 is 10.4 Å². The van der Waals surface area contributed by atoms with Crippen molar-refractivity contribution in [2.45, 2.75) is 33.2 Å². The normalized spacial score (nSPS) is 14.5. The van der Waals surface area contributed by atoms with Gasteiger partial charge in [-0.3, -0.25) is 4.79 Å². The van der Waals surface area contributed by atoms with Gasteiger partial charge in [0, 0.05) is 12.6 Å². The molecular formula is C10H17N3O2S. The molecular weight excluding hydrogens is 226 g/mol. The molecule has 16 heavy (non-hydrogen) atoms. The molecule has 1 rings (SSSR count). The molecule has 0 saturated carbocycles. The minimum atomic E-state index is -0.153. The third-order valence-electron chi connectivity index (χ3n) is 2.60. The van der Waals surface area contributed by atoms with Crippen LogP contribution >= 0.6 is 11.5 Å². The summed E-state index contributed by atoms with van der Waals surface area (Å²) in [7, 11) is 0. The highest BCUT2D eigenvalue weighted by atomic mass is 32.1. The molecule has 1 aromatic rings. The summed E-state index contributed by atoms with van der Waals surface area (Å²) in [5.74, 6) is -0.116. The van der Waals surface area contributed by atoms with Crippen LogP contribution in [0.5, 0.6) is 0 Å². The van der Waals surface area contributed by atoms with Gasteiger partial charge in [-0.25, -0.2) is 0 Å². The number of rotatable bonds is 5. The molecule has 0 aliphatic heterocycles. The maximum atomic E-state index is 11.9. The summed E-state index contributed by atoms with van der Waals surface area (Å²) in [5, 5.41) is 15.7. The summed E-state index contributed by atoms with van der Waals surface area (Å²) in [4.78, 5) is 12.4. The Bertz CT molecular complexity index is 354. The number of aliphatic hydroxyl groups excluding tert-OH is 1. The van der Waals surface area contributed by atoms with E-state index in [1.54, 1.807) is 0 Å². The Morgan fingerprint density at radius 2 is 2.25 bits per heavy atom. The van der Waals surface area contributed by atoms with E-state index in [1.165, 1.54) is 0 Å². The van der Waals surface area contributed by atoms with Crippen molar-refractivity contribution in [3.05, 3.63) is 10.6 Å². The molecule has 0 aliphatic rings. The van der Waals surface area contributed by atoms with Gasteiger partial charge in [0.15, 0.2) is 0 Å². The molecule has 90 valence electrons. The fraction of sp³-hybridized carbons (Fsp3) is 0.700. The second-order valence-electron chi connectivity index (χ2n) is 3.82. The minimum Gasteiger partial charge on any atom is -0.396 e. The Kier molecular flexibility index (Phi) is 4.82. The van der Waals surface area contributed by atoms with E-state index in [-0.39, 0.29) is 24.5 Å². The van der Waals surface area contributed by atoms with E-state index >= 15 is 0 Å². The second kappa shape index (κ2) is 5.91. The topological polar surface area (TPSA) is 75.1 Å². The zero-order valence-corrected chi connectivity index (χ0v) is 10.5. The molecule has 1 amide bonds. The predicted octanol–water partition coefficient (Wildman–Crippen LogP) is 0.847. The van der Waals surface area contributed by atoms with Crippen LogP contribution in [0.3, 0.4) is 0 Å². The SMILES string of the molecule is CCc1nnsc1C(=O)NC(C)C(C)CO. The van der Waals surface area contributed by atoms with Gasteiger partial charge in [0.05, 0.1) is 5.69 Å². The largest absolute Gasteiger partial charge is 0.396 e. The first kappa shape index (κ1) is 13.1. The molecule has 2 N–H and O–H groups in total. The van der Waals surface area contributed by atoms with Gasteiger partial charge in [0.1, 0.15) is 4.88 Å². The molecule has 1 aromatic heterocycles. The number of amides is 1. The Morgan fingerprint density at radius 3 is 2.81 bits per heavy atom. The lowest BCUT2D eigenvalue weighted by atomic mass is 10.1. The Balaban J connectivity index is 2.65. The quantitative estimate of drug-likeness (QED) is 0.804. The van der Waals surface area contributed by atoms with Crippen LogP contribution < -0.4 is 5.32 Å². The Hall–Kier alpha value is -1.01. The van der Waals surface area contributed by atoms with E-state index in [9.17, 15) is 4.79 Å². The Morgan fingerprint density at radius 1 is 1.56 bits per heavy atom. The fourth-order valence-corrected chi connectivity index (χ4v) is 1.84. The first-order valence-electron chi connectivity index (χ1n) is 5.33.